The maximum atomic E-state index is 12.7. The van der Waals surface area contributed by atoms with Crippen LogP contribution in [0.1, 0.15) is 29.2 Å². The van der Waals surface area contributed by atoms with Crippen LogP contribution in [-0.2, 0) is 9.84 Å². The summed E-state index contributed by atoms with van der Waals surface area (Å²) < 4.78 is 29.8. The van der Waals surface area contributed by atoms with E-state index >= 15 is 0 Å². The molecule has 0 spiro atoms. The van der Waals surface area contributed by atoms with Gasteiger partial charge in [-0.1, -0.05) is 6.07 Å². The third kappa shape index (κ3) is 3.64. The van der Waals surface area contributed by atoms with Crippen molar-refractivity contribution in [2.45, 2.75) is 19.4 Å². The van der Waals surface area contributed by atoms with Crippen molar-refractivity contribution in [3.63, 3.8) is 0 Å². The SMILES string of the molecule is COc1cccc(N=Cc2c(C)c(C#N)c(=O)n([C@H]3CCS(=O)(=O)C3)c2O)c1. The number of aromatic hydroxyl groups is 1. The van der Waals surface area contributed by atoms with Crippen molar-refractivity contribution in [1.82, 2.24) is 4.57 Å². The first-order valence-corrected chi connectivity index (χ1v) is 10.4. The molecule has 3 rings (SSSR count). The first-order chi connectivity index (χ1) is 13.3. The molecule has 2 aromatic rings. The van der Waals surface area contributed by atoms with Crippen LogP contribution < -0.4 is 10.3 Å². The lowest BCUT2D eigenvalue weighted by atomic mass is 10.0. The van der Waals surface area contributed by atoms with E-state index in [9.17, 15) is 23.6 Å². The first-order valence-electron chi connectivity index (χ1n) is 8.54. The molecule has 0 amide bonds. The van der Waals surface area contributed by atoms with Gasteiger partial charge in [0.25, 0.3) is 5.56 Å². The maximum Gasteiger partial charge on any atom is 0.271 e. The quantitative estimate of drug-likeness (QED) is 0.780. The summed E-state index contributed by atoms with van der Waals surface area (Å²) in [6.07, 6.45) is 1.57. The Morgan fingerprint density at radius 3 is 2.79 bits per heavy atom. The molecule has 1 aliphatic rings. The Kier molecular flexibility index (Phi) is 5.25. The molecule has 2 heterocycles. The Balaban J connectivity index is 2.13. The largest absolute Gasteiger partial charge is 0.497 e. The van der Waals surface area contributed by atoms with Crippen LogP contribution in [-0.4, -0.2) is 42.9 Å². The predicted molar refractivity (Wildman–Crippen MR) is 104 cm³/mol. The highest BCUT2D eigenvalue weighted by atomic mass is 32.2. The van der Waals surface area contributed by atoms with Gasteiger partial charge in [0.05, 0.1) is 35.9 Å². The van der Waals surface area contributed by atoms with Crippen LogP contribution in [0.4, 0.5) is 5.69 Å². The fourth-order valence-corrected chi connectivity index (χ4v) is 4.94. The lowest BCUT2D eigenvalue weighted by molar-refractivity contribution is 0.379. The molecule has 1 aromatic heterocycles. The van der Waals surface area contributed by atoms with Crippen molar-refractivity contribution >= 4 is 21.7 Å². The van der Waals surface area contributed by atoms with E-state index in [0.717, 1.165) is 4.57 Å². The number of sulfone groups is 1. The zero-order valence-electron chi connectivity index (χ0n) is 15.4. The Labute approximate surface area is 162 Å². The first kappa shape index (κ1) is 19.6. The van der Waals surface area contributed by atoms with Crippen LogP contribution in [0.3, 0.4) is 0 Å². The molecule has 1 aromatic carbocycles. The van der Waals surface area contributed by atoms with Crippen LogP contribution in [0.2, 0.25) is 0 Å². The smallest absolute Gasteiger partial charge is 0.271 e. The van der Waals surface area contributed by atoms with Gasteiger partial charge in [0.2, 0.25) is 5.88 Å². The highest BCUT2D eigenvalue weighted by Crippen LogP contribution is 2.30. The summed E-state index contributed by atoms with van der Waals surface area (Å²) in [4.78, 5) is 17.0. The highest BCUT2D eigenvalue weighted by molar-refractivity contribution is 7.91. The summed E-state index contributed by atoms with van der Waals surface area (Å²) in [6, 6.07) is 8.08. The van der Waals surface area contributed by atoms with Gasteiger partial charge in [-0.05, 0) is 31.0 Å². The van der Waals surface area contributed by atoms with Gasteiger partial charge in [-0.3, -0.25) is 14.4 Å². The number of nitriles is 1. The van der Waals surface area contributed by atoms with Gasteiger partial charge >= 0.3 is 0 Å². The number of methoxy groups -OCH3 is 1. The van der Waals surface area contributed by atoms with Crippen LogP contribution >= 0.6 is 0 Å². The Morgan fingerprint density at radius 2 is 2.18 bits per heavy atom. The minimum Gasteiger partial charge on any atom is -0.497 e. The second-order valence-corrected chi connectivity index (χ2v) is 8.77. The highest BCUT2D eigenvalue weighted by Gasteiger charge is 2.33. The summed E-state index contributed by atoms with van der Waals surface area (Å²) in [7, 11) is -1.75. The van der Waals surface area contributed by atoms with Gasteiger partial charge in [-0.15, -0.1) is 0 Å². The van der Waals surface area contributed by atoms with Crippen molar-refractivity contribution in [1.29, 1.82) is 5.26 Å². The molecular weight excluding hydrogens is 382 g/mol. The fourth-order valence-electron chi connectivity index (χ4n) is 3.24. The third-order valence-corrected chi connectivity index (χ3v) is 6.51. The summed E-state index contributed by atoms with van der Waals surface area (Å²) >= 11 is 0. The number of pyridine rings is 1. The summed E-state index contributed by atoms with van der Waals surface area (Å²) in [6.45, 7) is 1.54. The summed E-state index contributed by atoms with van der Waals surface area (Å²) in [5.41, 5.74) is 0.196. The number of ether oxygens (including phenoxy) is 1. The van der Waals surface area contributed by atoms with E-state index in [2.05, 4.69) is 4.99 Å². The van der Waals surface area contributed by atoms with E-state index in [0.29, 0.717) is 11.4 Å². The number of hydrogen-bond acceptors (Lipinski definition) is 7. The van der Waals surface area contributed by atoms with Gasteiger partial charge < -0.3 is 9.84 Å². The second kappa shape index (κ2) is 7.48. The second-order valence-electron chi connectivity index (χ2n) is 6.54. The molecule has 0 saturated carbocycles. The Hall–Kier alpha value is -3.12. The number of benzene rings is 1. The molecule has 1 aliphatic heterocycles. The van der Waals surface area contributed by atoms with Crippen molar-refractivity contribution < 1.29 is 18.3 Å². The van der Waals surface area contributed by atoms with E-state index < -0.39 is 27.3 Å². The lowest BCUT2D eigenvalue weighted by Crippen LogP contribution is -2.29. The minimum absolute atomic E-state index is 0.0630. The zero-order chi connectivity index (χ0) is 20.5. The van der Waals surface area contributed by atoms with Crippen LogP contribution in [0.15, 0.2) is 34.1 Å². The summed E-state index contributed by atoms with van der Waals surface area (Å²) in [5, 5.41) is 20.1. The average Bonchev–Trinajstić information content (AvgIpc) is 3.01. The number of rotatable bonds is 4. The molecule has 1 saturated heterocycles. The van der Waals surface area contributed by atoms with E-state index in [4.69, 9.17) is 4.74 Å². The number of aromatic nitrogens is 1. The monoisotopic (exact) mass is 401 g/mol. The molecule has 1 fully saturated rings. The maximum absolute atomic E-state index is 12.7. The summed E-state index contributed by atoms with van der Waals surface area (Å²) in [5.74, 6) is -0.0994. The van der Waals surface area contributed by atoms with Gasteiger partial charge in [-0.25, -0.2) is 8.42 Å². The van der Waals surface area contributed by atoms with Crippen molar-refractivity contribution in [2.24, 2.45) is 4.99 Å². The molecule has 0 unspecified atom stereocenters. The lowest BCUT2D eigenvalue weighted by Gasteiger charge is -2.18. The van der Waals surface area contributed by atoms with E-state index in [1.54, 1.807) is 31.2 Å². The van der Waals surface area contributed by atoms with Gasteiger partial charge in [0.1, 0.15) is 17.4 Å². The average molecular weight is 401 g/mol. The van der Waals surface area contributed by atoms with Gasteiger partial charge in [0.15, 0.2) is 9.84 Å². The van der Waals surface area contributed by atoms with Gasteiger partial charge in [0, 0.05) is 12.3 Å². The fraction of sp³-hybridized carbons (Fsp3) is 0.316. The van der Waals surface area contributed by atoms with Crippen molar-refractivity contribution in [3.8, 4) is 17.7 Å². The molecule has 9 heteroatoms. The van der Waals surface area contributed by atoms with E-state index in [1.807, 2.05) is 6.07 Å². The molecule has 0 radical (unpaired) electrons. The number of hydrogen-bond donors (Lipinski definition) is 1. The van der Waals surface area contributed by atoms with E-state index in [-0.39, 0.29) is 34.6 Å². The van der Waals surface area contributed by atoms with Crippen molar-refractivity contribution in [3.05, 3.63) is 51.3 Å². The Morgan fingerprint density at radius 1 is 1.43 bits per heavy atom. The topological polar surface area (TPSA) is 122 Å². The zero-order valence-corrected chi connectivity index (χ0v) is 16.2. The molecule has 0 bridgehead atoms. The molecule has 1 N–H and O–H groups in total. The minimum atomic E-state index is -3.28. The molecule has 146 valence electrons. The van der Waals surface area contributed by atoms with Crippen LogP contribution in [0.25, 0.3) is 0 Å². The standard InChI is InChI=1S/C19H19N3O5S/c1-12-16(9-20)18(23)22(14-6-7-28(25,26)11-14)19(24)17(12)10-21-13-4-3-5-15(8-13)27-2/h3-5,8,10,14,24H,6-7,11H2,1-2H3/t14-/m0/s1. The van der Waals surface area contributed by atoms with E-state index in [1.165, 1.54) is 13.3 Å². The molecular formula is C19H19N3O5S. The van der Waals surface area contributed by atoms with Gasteiger partial charge in [-0.2, -0.15) is 5.26 Å². The van der Waals surface area contributed by atoms with Crippen LogP contribution in [0, 0.1) is 18.3 Å². The predicted octanol–water partition coefficient (Wildman–Crippen LogP) is 1.85. The number of nitrogens with zero attached hydrogens (tertiary/aromatic N) is 3. The normalized spacial score (nSPS) is 18.2. The number of aliphatic imine (C=N–C) groups is 1. The third-order valence-electron chi connectivity index (χ3n) is 4.76. The molecule has 28 heavy (non-hydrogen) atoms. The van der Waals surface area contributed by atoms with Crippen molar-refractivity contribution in [2.75, 3.05) is 18.6 Å². The Bertz CT molecular complexity index is 1160. The molecule has 0 aliphatic carbocycles. The molecule has 1 atom stereocenters. The van der Waals surface area contributed by atoms with Crippen LogP contribution in [0.5, 0.6) is 11.6 Å². The molecule has 8 nitrogen and oxygen atoms in total.